The van der Waals surface area contributed by atoms with Crippen LogP contribution >= 0.6 is 0 Å². The molecule has 0 bridgehead atoms. The van der Waals surface area contributed by atoms with Gasteiger partial charge in [-0.2, -0.15) is 0 Å². The summed E-state index contributed by atoms with van der Waals surface area (Å²) in [4.78, 5) is 0. The molecular formula is C11H14F. The standard InChI is InChI=1S/C11H14F/c1-8-5-6-9(7-10(8)12)11(2,3)4/h5-7H,1H2,2-4H3. The number of halogens is 1. The summed E-state index contributed by atoms with van der Waals surface area (Å²) < 4.78 is 13.0. The second kappa shape index (κ2) is 2.89. The van der Waals surface area contributed by atoms with E-state index in [1.54, 1.807) is 12.1 Å². The fraction of sp³-hybridized carbons (Fsp3) is 0.364. The maximum absolute atomic E-state index is 13.0. The van der Waals surface area contributed by atoms with Crippen molar-refractivity contribution in [1.29, 1.82) is 0 Å². The van der Waals surface area contributed by atoms with E-state index in [-0.39, 0.29) is 11.2 Å². The van der Waals surface area contributed by atoms with Crippen molar-refractivity contribution in [3.8, 4) is 0 Å². The van der Waals surface area contributed by atoms with Crippen molar-refractivity contribution >= 4 is 0 Å². The normalized spacial score (nSPS) is 11.8. The lowest BCUT2D eigenvalue weighted by Gasteiger charge is -2.19. The van der Waals surface area contributed by atoms with Crippen molar-refractivity contribution < 1.29 is 4.39 Å². The highest BCUT2D eigenvalue weighted by atomic mass is 19.1. The van der Waals surface area contributed by atoms with E-state index in [2.05, 4.69) is 27.7 Å². The summed E-state index contributed by atoms with van der Waals surface area (Å²) >= 11 is 0. The molecule has 0 aliphatic rings. The number of rotatable bonds is 0. The second-order valence-electron chi connectivity index (χ2n) is 4.06. The van der Waals surface area contributed by atoms with Gasteiger partial charge in [0.05, 0.1) is 0 Å². The lowest BCUT2D eigenvalue weighted by atomic mass is 9.86. The molecule has 0 heterocycles. The van der Waals surface area contributed by atoms with Crippen molar-refractivity contribution in [2.75, 3.05) is 0 Å². The zero-order chi connectivity index (χ0) is 9.35. The summed E-state index contributed by atoms with van der Waals surface area (Å²) in [5.41, 5.74) is 1.48. The van der Waals surface area contributed by atoms with Crippen LogP contribution in [0.4, 0.5) is 4.39 Å². The molecule has 1 rings (SSSR count). The molecule has 12 heavy (non-hydrogen) atoms. The Labute approximate surface area is 73.4 Å². The zero-order valence-electron chi connectivity index (χ0n) is 7.82. The molecule has 0 N–H and O–H groups in total. The van der Waals surface area contributed by atoms with Gasteiger partial charge in [-0.25, -0.2) is 4.39 Å². The molecule has 1 radical (unpaired) electrons. The minimum atomic E-state index is -0.220. The Morgan fingerprint density at radius 3 is 2.25 bits per heavy atom. The monoisotopic (exact) mass is 165 g/mol. The van der Waals surface area contributed by atoms with Crippen LogP contribution in [0.1, 0.15) is 31.9 Å². The Morgan fingerprint density at radius 2 is 1.83 bits per heavy atom. The predicted octanol–water partition coefficient (Wildman–Crippen LogP) is 3.31. The summed E-state index contributed by atoms with van der Waals surface area (Å²) in [6, 6.07) is 5.20. The molecule has 0 nitrogen and oxygen atoms in total. The molecule has 0 fully saturated rings. The lowest BCUT2D eigenvalue weighted by molar-refractivity contribution is 0.570. The van der Waals surface area contributed by atoms with Gasteiger partial charge in [-0.3, -0.25) is 0 Å². The molecule has 0 saturated heterocycles. The number of hydrogen-bond acceptors (Lipinski definition) is 0. The molecule has 0 unspecified atom stereocenters. The van der Waals surface area contributed by atoms with Gasteiger partial charge in [0, 0.05) is 0 Å². The molecule has 1 aromatic rings. The van der Waals surface area contributed by atoms with Crippen LogP contribution in [-0.4, -0.2) is 0 Å². The number of benzene rings is 1. The van der Waals surface area contributed by atoms with Gasteiger partial charge in [0.25, 0.3) is 0 Å². The van der Waals surface area contributed by atoms with Gasteiger partial charge in [-0.15, -0.1) is 0 Å². The van der Waals surface area contributed by atoms with Crippen molar-refractivity contribution in [2.24, 2.45) is 0 Å². The maximum atomic E-state index is 13.0. The van der Waals surface area contributed by atoms with Crippen LogP contribution in [0.2, 0.25) is 0 Å². The van der Waals surface area contributed by atoms with Crippen LogP contribution in [0, 0.1) is 12.7 Å². The van der Waals surface area contributed by atoms with Crippen molar-refractivity contribution in [3.63, 3.8) is 0 Å². The van der Waals surface area contributed by atoms with Crippen molar-refractivity contribution in [2.45, 2.75) is 26.2 Å². The minimum absolute atomic E-state index is 0.00847. The van der Waals surface area contributed by atoms with Gasteiger partial charge in [-0.05, 0) is 29.5 Å². The first-order valence-electron chi connectivity index (χ1n) is 4.03. The molecule has 0 atom stereocenters. The molecule has 0 amide bonds. The van der Waals surface area contributed by atoms with Crippen LogP contribution < -0.4 is 0 Å². The van der Waals surface area contributed by atoms with Gasteiger partial charge in [0.1, 0.15) is 5.82 Å². The Hall–Kier alpha value is -0.850. The van der Waals surface area contributed by atoms with E-state index in [1.807, 2.05) is 6.07 Å². The smallest absolute Gasteiger partial charge is 0.126 e. The molecule has 0 aliphatic carbocycles. The van der Waals surface area contributed by atoms with Crippen molar-refractivity contribution in [3.05, 3.63) is 42.1 Å². The van der Waals surface area contributed by atoms with Gasteiger partial charge in [0.15, 0.2) is 0 Å². The summed E-state index contributed by atoms with van der Waals surface area (Å²) in [5.74, 6) is -0.220. The van der Waals surface area contributed by atoms with Gasteiger partial charge < -0.3 is 0 Å². The van der Waals surface area contributed by atoms with Crippen molar-refractivity contribution in [1.82, 2.24) is 0 Å². The summed E-state index contributed by atoms with van der Waals surface area (Å²) in [7, 11) is 0. The minimum Gasteiger partial charge on any atom is -0.207 e. The highest BCUT2D eigenvalue weighted by Crippen LogP contribution is 2.23. The van der Waals surface area contributed by atoms with Gasteiger partial charge in [0.2, 0.25) is 0 Å². The van der Waals surface area contributed by atoms with Crippen LogP contribution in [0.3, 0.4) is 0 Å². The van der Waals surface area contributed by atoms with Crippen LogP contribution in [0.5, 0.6) is 0 Å². The third kappa shape index (κ3) is 1.84. The summed E-state index contributed by atoms with van der Waals surface area (Å²) in [5, 5.41) is 0. The second-order valence-corrected chi connectivity index (χ2v) is 4.06. The van der Waals surface area contributed by atoms with E-state index >= 15 is 0 Å². The quantitative estimate of drug-likeness (QED) is 0.553. The Balaban J connectivity index is 3.14. The van der Waals surface area contributed by atoms with E-state index in [1.165, 1.54) is 0 Å². The molecule has 65 valence electrons. The third-order valence-electron chi connectivity index (χ3n) is 1.92. The summed E-state index contributed by atoms with van der Waals surface area (Å²) in [6.45, 7) is 9.75. The Bertz CT molecular complexity index is 282. The van der Waals surface area contributed by atoms with E-state index in [9.17, 15) is 4.39 Å². The number of hydrogen-bond donors (Lipinski definition) is 0. The van der Waals surface area contributed by atoms with Crippen LogP contribution in [-0.2, 0) is 5.41 Å². The third-order valence-corrected chi connectivity index (χ3v) is 1.92. The lowest BCUT2D eigenvalue weighted by Crippen LogP contribution is -2.11. The zero-order valence-corrected chi connectivity index (χ0v) is 7.82. The maximum Gasteiger partial charge on any atom is 0.126 e. The van der Waals surface area contributed by atoms with E-state index in [0.717, 1.165) is 5.56 Å². The van der Waals surface area contributed by atoms with Gasteiger partial charge in [-0.1, -0.05) is 32.9 Å². The Morgan fingerprint density at radius 1 is 1.25 bits per heavy atom. The highest BCUT2D eigenvalue weighted by molar-refractivity contribution is 5.30. The Kier molecular flexibility index (Phi) is 2.22. The van der Waals surface area contributed by atoms with Gasteiger partial charge >= 0.3 is 0 Å². The topological polar surface area (TPSA) is 0 Å². The first kappa shape index (κ1) is 9.24. The molecular weight excluding hydrogens is 151 g/mol. The van der Waals surface area contributed by atoms with E-state index in [4.69, 9.17) is 0 Å². The molecule has 1 aromatic carbocycles. The first-order chi connectivity index (χ1) is 5.41. The molecule has 0 aromatic heterocycles. The molecule has 0 spiro atoms. The molecule has 0 aliphatic heterocycles. The van der Waals surface area contributed by atoms with Crippen LogP contribution in [0.25, 0.3) is 0 Å². The SMILES string of the molecule is [CH2]c1ccc(C(C)(C)C)cc1F. The average molecular weight is 165 g/mol. The summed E-state index contributed by atoms with van der Waals surface area (Å²) in [6.07, 6.45) is 0. The molecule has 0 saturated carbocycles. The van der Waals surface area contributed by atoms with E-state index < -0.39 is 0 Å². The highest BCUT2D eigenvalue weighted by Gasteiger charge is 2.14. The van der Waals surface area contributed by atoms with E-state index in [0.29, 0.717) is 5.56 Å². The molecule has 1 heteroatoms. The predicted molar refractivity (Wildman–Crippen MR) is 49.6 cm³/mol. The fourth-order valence-electron chi connectivity index (χ4n) is 1.01. The average Bonchev–Trinajstić information content (AvgIpc) is 1.92. The first-order valence-corrected chi connectivity index (χ1v) is 4.03. The largest absolute Gasteiger partial charge is 0.207 e. The van der Waals surface area contributed by atoms with Crippen LogP contribution in [0.15, 0.2) is 18.2 Å². The fourth-order valence-corrected chi connectivity index (χ4v) is 1.01.